The first-order valence-corrected chi connectivity index (χ1v) is 7.10. The summed E-state index contributed by atoms with van der Waals surface area (Å²) in [6.07, 6.45) is 0.588. The minimum Gasteiger partial charge on any atom is -0.490 e. The molecule has 22 heavy (non-hydrogen) atoms. The highest BCUT2D eigenvalue weighted by molar-refractivity contribution is 5.70. The first kappa shape index (κ1) is 17.9. The molecular weight excluding hydrogens is 288 g/mol. The number of benzene rings is 1. The van der Waals surface area contributed by atoms with Crippen molar-refractivity contribution in [3.63, 3.8) is 0 Å². The minimum atomic E-state index is -0.832. The van der Waals surface area contributed by atoms with Gasteiger partial charge in [-0.15, -0.1) is 0 Å². The Balaban J connectivity index is 2.66. The zero-order chi connectivity index (χ0) is 16.7. The van der Waals surface area contributed by atoms with Crippen molar-refractivity contribution < 1.29 is 19.6 Å². The number of hydrogen-bond donors (Lipinski definition) is 2. The molecule has 1 atom stereocenters. The Morgan fingerprint density at radius 2 is 2.14 bits per heavy atom. The second kappa shape index (κ2) is 8.33. The van der Waals surface area contributed by atoms with Crippen LogP contribution in [-0.4, -0.2) is 29.7 Å². The van der Waals surface area contributed by atoms with Gasteiger partial charge in [0.15, 0.2) is 5.75 Å². The highest BCUT2D eigenvalue weighted by Gasteiger charge is 2.19. The molecule has 0 saturated heterocycles. The molecule has 0 aliphatic heterocycles. The summed E-state index contributed by atoms with van der Waals surface area (Å²) < 4.78 is 4.94. The minimum absolute atomic E-state index is 0.0984. The third kappa shape index (κ3) is 5.33. The lowest BCUT2D eigenvalue weighted by Crippen LogP contribution is -2.29. The van der Waals surface area contributed by atoms with Crippen LogP contribution in [0.4, 0.5) is 5.69 Å². The number of aliphatic carboxylic acids is 1. The highest BCUT2D eigenvalue weighted by Crippen LogP contribution is 2.27. The molecule has 0 spiro atoms. The van der Waals surface area contributed by atoms with Crippen molar-refractivity contribution in [2.24, 2.45) is 11.8 Å². The first-order chi connectivity index (χ1) is 10.3. The van der Waals surface area contributed by atoms with Crippen molar-refractivity contribution in [2.75, 3.05) is 13.7 Å². The Labute approximate surface area is 129 Å². The number of carbonyl (C=O) groups is 1. The van der Waals surface area contributed by atoms with E-state index in [0.717, 1.165) is 0 Å². The molecule has 7 nitrogen and oxygen atoms in total. The molecule has 122 valence electrons. The van der Waals surface area contributed by atoms with Crippen LogP contribution in [0.2, 0.25) is 0 Å². The SMILES string of the molecule is COc1ccc(CNCC(CC(C)C)C(=O)O)cc1[N+](=O)[O-]. The normalized spacial score (nSPS) is 12.2. The quantitative estimate of drug-likeness (QED) is 0.536. The number of nitrogens with zero attached hydrogens (tertiary/aromatic N) is 1. The van der Waals surface area contributed by atoms with Crippen LogP contribution < -0.4 is 10.1 Å². The van der Waals surface area contributed by atoms with Gasteiger partial charge in [-0.2, -0.15) is 0 Å². The molecule has 0 amide bonds. The summed E-state index contributed by atoms with van der Waals surface area (Å²) >= 11 is 0. The summed E-state index contributed by atoms with van der Waals surface area (Å²) in [5.41, 5.74) is 0.611. The van der Waals surface area contributed by atoms with Gasteiger partial charge >= 0.3 is 11.7 Å². The van der Waals surface area contributed by atoms with E-state index in [2.05, 4.69) is 5.32 Å². The maximum absolute atomic E-state index is 11.2. The molecule has 1 unspecified atom stereocenters. The Morgan fingerprint density at radius 3 is 2.64 bits per heavy atom. The number of hydrogen-bond acceptors (Lipinski definition) is 5. The van der Waals surface area contributed by atoms with Crippen molar-refractivity contribution in [3.05, 3.63) is 33.9 Å². The average molecular weight is 310 g/mol. The van der Waals surface area contributed by atoms with Gasteiger partial charge in [-0.1, -0.05) is 19.9 Å². The zero-order valence-corrected chi connectivity index (χ0v) is 13.0. The molecule has 7 heteroatoms. The molecule has 0 radical (unpaired) electrons. The molecular formula is C15H22N2O5. The summed E-state index contributed by atoms with van der Waals surface area (Å²) in [7, 11) is 1.38. The van der Waals surface area contributed by atoms with E-state index in [4.69, 9.17) is 9.84 Å². The van der Waals surface area contributed by atoms with E-state index in [-0.39, 0.29) is 11.4 Å². The van der Waals surface area contributed by atoms with Gasteiger partial charge in [-0.25, -0.2) is 0 Å². The van der Waals surface area contributed by atoms with E-state index >= 15 is 0 Å². The molecule has 0 aromatic heterocycles. The summed E-state index contributed by atoms with van der Waals surface area (Å²) in [4.78, 5) is 21.6. The second-order valence-electron chi connectivity index (χ2n) is 5.56. The van der Waals surface area contributed by atoms with E-state index in [1.165, 1.54) is 19.2 Å². The number of nitro benzene ring substituents is 1. The average Bonchev–Trinajstić information content (AvgIpc) is 2.45. The van der Waals surface area contributed by atoms with Gasteiger partial charge in [-0.3, -0.25) is 14.9 Å². The van der Waals surface area contributed by atoms with E-state index < -0.39 is 16.8 Å². The molecule has 0 aliphatic rings. The number of nitrogens with one attached hydrogen (secondary N) is 1. The van der Waals surface area contributed by atoms with Gasteiger partial charge in [-0.05, 0) is 24.0 Å². The molecule has 2 N–H and O–H groups in total. The highest BCUT2D eigenvalue weighted by atomic mass is 16.6. The Kier molecular flexibility index (Phi) is 6.78. The van der Waals surface area contributed by atoms with Crippen LogP contribution in [0.5, 0.6) is 5.75 Å². The second-order valence-corrected chi connectivity index (χ2v) is 5.56. The Morgan fingerprint density at radius 1 is 1.45 bits per heavy atom. The Bertz CT molecular complexity index is 531. The van der Waals surface area contributed by atoms with Crippen LogP contribution in [0.3, 0.4) is 0 Å². The van der Waals surface area contributed by atoms with E-state index in [1.54, 1.807) is 6.07 Å². The molecule has 1 aromatic rings. The van der Waals surface area contributed by atoms with E-state index in [1.807, 2.05) is 13.8 Å². The van der Waals surface area contributed by atoms with Gasteiger partial charge in [0, 0.05) is 19.2 Å². The predicted octanol–water partition coefficient (Wildman–Crippen LogP) is 2.44. The first-order valence-electron chi connectivity index (χ1n) is 7.10. The fraction of sp³-hybridized carbons (Fsp3) is 0.533. The number of ether oxygens (including phenoxy) is 1. The fourth-order valence-corrected chi connectivity index (χ4v) is 2.22. The Hall–Kier alpha value is -2.15. The molecule has 0 heterocycles. The monoisotopic (exact) mass is 310 g/mol. The maximum Gasteiger partial charge on any atom is 0.311 e. The largest absolute Gasteiger partial charge is 0.490 e. The van der Waals surface area contributed by atoms with Gasteiger partial charge in [0.1, 0.15) is 0 Å². The summed E-state index contributed by atoms with van der Waals surface area (Å²) in [5.74, 6) is -0.794. The van der Waals surface area contributed by atoms with Gasteiger partial charge in [0.25, 0.3) is 0 Å². The van der Waals surface area contributed by atoms with Crippen molar-refractivity contribution in [1.82, 2.24) is 5.32 Å². The molecule has 0 aliphatic carbocycles. The van der Waals surface area contributed by atoms with Crippen LogP contribution in [0.1, 0.15) is 25.8 Å². The molecule has 1 rings (SSSR count). The van der Waals surface area contributed by atoms with Crippen LogP contribution in [0.15, 0.2) is 18.2 Å². The number of carboxylic acids is 1. The van der Waals surface area contributed by atoms with Crippen LogP contribution in [0, 0.1) is 22.0 Å². The number of carboxylic acid groups (broad SMARTS) is 1. The lowest BCUT2D eigenvalue weighted by Gasteiger charge is -2.15. The topological polar surface area (TPSA) is 102 Å². The number of nitro groups is 1. The maximum atomic E-state index is 11.2. The van der Waals surface area contributed by atoms with Gasteiger partial charge < -0.3 is 15.2 Å². The molecule has 1 aromatic carbocycles. The third-order valence-corrected chi connectivity index (χ3v) is 3.26. The zero-order valence-electron chi connectivity index (χ0n) is 13.0. The lowest BCUT2D eigenvalue weighted by atomic mass is 9.97. The molecule has 0 fully saturated rings. The standard InChI is InChI=1S/C15H22N2O5/c1-10(2)6-12(15(18)19)9-16-8-11-4-5-14(22-3)13(7-11)17(20)21/h4-5,7,10,12,16H,6,8-9H2,1-3H3,(H,18,19). The van der Waals surface area contributed by atoms with Gasteiger partial charge in [0.05, 0.1) is 18.0 Å². The van der Waals surface area contributed by atoms with Crippen molar-refractivity contribution in [3.8, 4) is 5.75 Å². The predicted molar refractivity (Wildman–Crippen MR) is 81.9 cm³/mol. The van der Waals surface area contributed by atoms with Crippen LogP contribution in [0.25, 0.3) is 0 Å². The van der Waals surface area contributed by atoms with Crippen molar-refractivity contribution >= 4 is 11.7 Å². The summed E-state index contributed by atoms with van der Waals surface area (Å²) in [6, 6.07) is 4.69. The van der Waals surface area contributed by atoms with Crippen molar-refractivity contribution in [1.29, 1.82) is 0 Å². The summed E-state index contributed by atoms with van der Waals surface area (Å²) in [6.45, 7) is 4.64. The van der Waals surface area contributed by atoms with Gasteiger partial charge in [0.2, 0.25) is 0 Å². The number of rotatable bonds is 9. The van der Waals surface area contributed by atoms with Crippen LogP contribution in [-0.2, 0) is 11.3 Å². The van der Waals surface area contributed by atoms with E-state index in [0.29, 0.717) is 31.0 Å². The summed E-state index contributed by atoms with van der Waals surface area (Å²) in [5, 5.41) is 23.2. The third-order valence-electron chi connectivity index (χ3n) is 3.26. The lowest BCUT2D eigenvalue weighted by molar-refractivity contribution is -0.385. The number of methoxy groups -OCH3 is 1. The molecule has 0 saturated carbocycles. The van der Waals surface area contributed by atoms with E-state index in [9.17, 15) is 14.9 Å². The molecule has 0 bridgehead atoms. The van der Waals surface area contributed by atoms with Crippen molar-refractivity contribution in [2.45, 2.75) is 26.8 Å². The fourth-order valence-electron chi connectivity index (χ4n) is 2.22. The smallest absolute Gasteiger partial charge is 0.311 e. The van der Waals surface area contributed by atoms with Crippen LogP contribution >= 0.6 is 0 Å².